The van der Waals surface area contributed by atoms with Gasteiger partial charge in [-0.25, -0.2) is 0 Å². The van der Waals surface area contributed by atoms with Crippen molar-refractivity contribution in [1.29, 1.82) is 0 Å². The molecule has 0 bridgehead atoms. The van der Waals surface area contributed by atoms with Crippen molar-refractivity contribution in [1.82, 2.24) is 5.32 Å². The van der Waals surface area contributed by atoms with Crippen molar-refractivity contribution < 1.29 is 22.6 Å². The first kappa shape index (κ1) is 25.1. The lowest BCUT2D eigenvalue weighted by atomic mass is 9.76. The minimum atomic E-state index is -4.71. The smallest absolute Gasteiger partial charge is 0.406 e. The summed E-state index contributed by atoms with van der Waals surface area (Å²) in [7, 11) is 0. The van der Waals surface area contributed by atoms with Crippen molar-refractivity contribution in [3.8, 4) is 5.75 Å². The van der Waals surface area contributed by atoms with Crippen LogP contribution >= 0.6 is 12.4 Å². The second-order valence-corrected chi connectivity index (χ2v) is 8.00. The van der Waals surface area contributed by atoms with E-state index in [0.717, 1.165) is 19.5 Å². The normalized spacial score (nSPS) is 18.5. The van der Waals surface area contributed by atoms with Crippen molar-refractivity contribution in [3.05, 3.63) is 102 Å². The third kappa shape index (κ3) is 6.97. The minimum absolute atomic E-state index is 0. The van der Waals surface area contributed by atoms with Crippen molar-refractivity contribution in [2.45, 2.75) is 31.4 Å². The van der Waals surface area contributed by atoms with Crippen LogP contribution in [0.5, 0.6) is 5.75 Å². The molecule has 33 heavy (non-hydrogen) atoms. The predicted molar refractivity (Wildman–Crippen MR) is 125 cm³/mol. The van der Waals surface area contributed by atoms with Crippen LogP contribution in [0.2, 0.25) is 0 Å². The van der Waals surface area contributed by atoms with Gasteiger partial charge in [-0.15, -0.1) is 25.6 Å². The van der Waals surface area contributed by atoms with E-state index in [9.17, 15) is 13.2 Å². The summed E-state index contributed by atoms with van der Waals surface area (Å²) >= 11 is 0. The van der Waals surface area contributed by atoms with Crippen LogP contribution in [-0.4, -0.2) is 25.6 Å². The van der Waals surface area contributed by atoms with E-state index in [4.69, 9.17) is 4.74 Å². The highest BCUT2D eigenvalue weighted by molar-refractivity contribution is 5.85. The average Bonchev–Trinajstić information content (AvgIpc) is 2.79. The van der Waals surface area contributed by atoms with Crippen LogP contribution in [0.1, 0.15) is 29.0 Å². The van der Waals surface area contributed by atoms with Crippen molar-refractivity contribution in [2.24, 2.45) is 5.92 Å². The van der Waals surface area contributed by atoms with Gasteiger partial charge in [-0.2, -0.15) is 0 Å². The summed E-state index contributed by atoms with van der Waals surface area (Å²) in [5.74, 6) is 0.102. The molecule has 3 nitrogen and oxygen atoms in total. The van der Waals surface area contributed by atoms with Gasteiger partial charge >= 0.3 is 6.36 Å². The van der Waals surface area contributed by atoms with Gasteiger partial charge in [0.15, 0.2) is 0 Å². The van der Waals surface area contributed by atoms with E-state index in [1.807, 2.05) is 36.4 Å². The van der Waals surface area contributed by atoms with Gasteiger partial charge in [0, 0.05) is 18.4 Å². The van der Waals surface area contributed by atoms with Crippen LogP contribution in [0.15, 0.2) is 84.9 Å². The Labute approximate surface area is 198 Å². The number of nitrogens with one attached hydrogen (secondary N) is 1. The number of hydrogen-bond donors (Lipinski definition) is 1. The molecular formula is C26H27ClF3NO2. The van der Waals surface area contributed by atoms with Crippen molar-refractivity contribution in [2.75, 3.05) is 13.1 Å². The molecule has 7 heteroatoms. The van der Waals surface area contributed by atoms with E-state index in [-0.39, 0.29) is 42.7 Å². The first-order valence-electron chi connectivity index (χ1n) is 10.8. The van der Waals surface area contributed by atoms with Gasteiger partial charge in [-0.1, -0.05) is 72.8 Å². The van der Waals surface area contributed by atoms with E-state index in [1.54, 1.807) is 12.1 Å². The molecule has 1 fully saturated rings. The summed E-state index contributed by atoms with van der Waals surface area (Å²) in [4.78, 5) is 0. The number of alkyl halides is 3. The van der Waals surface area contributed by atoms with E-state index in [1.165, 1.54) is 23.3 Å². The molecule has 3 aromatic rings. The van der Waals surface area contributed by atoms with Gasteiger partial charge in [0.25, 0.3) is 0 Å². The first-order chi connectivity index (χ1) is 15.5. The summed E-state index contributed by atoms with van der Waals surface area (Å²) in [5.41, 5.74) is 3.10. The number of ether oxygens (including phenoxy) is 2. The van der Waals surface area contributed by atoms with Gasteiger partial charge in [0.2, 0.25) is 0 Å². The molecule has 2 atom stereocenters. The maximum atomic E-state index is 12.6. The van der Waals surface area contributed by atoms with Crippen molar-refractivity contribution >= 4 is 12.4 Å². The Morgan fingerprint density at radius 3 is 2.12 bits per heavy atom. The zero-order valence-electron chi connectivity index (χ0n) is 18.0. The molecule has 0 amide bonds. The Kier molecular flexibility index (Phi) is 8.78. The second-order valence-electron chi connectivity index (χ2n) is 8.00. The van der Waals surface area contributed by atoms with E-state index < -0.39 is 6.36 Å². The fourth-order valence-electron chi connectivity index (χ4n) is 4.44. The number of benzene rings is 3. The van der Waals surface area contributed by atoms with Crippen LogP contribution in [0, 0.1) is 5.92 Å². The first-order valence-corrected chi connectivity index (χ1v) is 10.8. The highest BCUT2D eigenvalue weighted by Crippen LogP contribution is 2.37. The predicted octanol–water partition coefficient (Wildman–Crippen LogP) is 6.33. The monoisotopic (exact) mass is 477 g/mol. The van der Waals surface area contributed by atoms with Gasteiger partial charge in [-0.05, 0) is 41.8 Å². The van der Waals surface area contributed by atoms with Gasteiger partial charge < -0.3 is 14.8 Å². The Balaban J connectivity index is 0.00000306. The third-order valence-electron chi connectivity index (χ3n) is 5.80. The molecule has 1 N–H and O–H groups in total. The Hall–Kier alpha value is -2.54. The molecule has 0 aromatic heterocycles. The topological polar surface area (TPSA) is 30.5 Å². The summed E-state index contributed by atoms with van der Waals surface area (Å²) in [6.07, 6.45) is -3.91. The minimum Gasteiger partial charge on any atom is -0.406 e. The highest BCUT2D eigenvalue weighted by atomic mass is 35.5. The van der Waals surface area contributed by atoms with Gasteiger partial charge in [-0.3, -0.25) is 0 Å². The molecule has 176 valence electrons. The van der Waals surface area contributed by atoms with Gasteiger partial charge in [0.1, 0.15) is 5.75 Å². The molecule has 1 aliphatic rings. The highest BCUT2D eigenvalue weighted by Gasteiger charge is 2.34. The third-order valence-corrected chi connectivity index (χ3v) is 5.80. The number of hydrogen-bond acceptors (Lipinski definition) is 3. The summed E-state index contributed by atoms with van der Waals surface area (Å²) in [6, 6.07) is 26.7. The Bertz CT molecular complexity index is 946. The lowest BCUT2D eigenvalue weighted by Crippen LogP contribution is -2.44. The molecular weight excluding hydrogens is 451 g/mol. The van der Waals surface area contributed by atoms with Crippen LogP contribution < -0.4 is 10.1 Å². The maximum Gasteiger partial charge on any atom is 0.573 e. The van der Waals surface area contributed by atoms with E-state index in [0.29, 0.717) is 5.56 Å². The Morgan fingerprint density at radius 2 is 1.52 bits per heavy atom. The lowest BCUT2D eigenvalue weighted by molar-refractivity contribution is -0.274. The molecule has 1 aliphatic heterocycles. The average molecular weight is 478 g/mol. The molecule has 1 heterocycles. The molecule has 0 unspecified atom stereocenters. The van der Waals surface area contributed by atoms with E-state index in [2.05, 4.69) is 34.3 Å². The molecule has 0 spiro atoms. The van der Waals surface area contributed by atoms with Crippen LogP contribution in [0.4, 0.5) is 13.2 Å². The summed E-state index contributed by atoms with van der Waals surface area (Å²) in [5, 5.41) is 3.49. The van der Waals surface area contributed by atoms with E-state index >= 15 is 0 Å². The molecule has 1 saturated heterocycles. The second kappa shape index (κ2) is 11.5. The molecule has 0 radical (unpaired) electrons. The SMILES string of the molecule is Cl.FC(F)(F)Oc1cccc(CO[C@H]2CCNC[C@H]2C(c2ccccc2)c2ccccc2)c1. The molecule has 0 saturated carbocycles. The maximum absolute atomic E-state index is 12.6. The number of halogens is 4. The fourth-order valence-corrected chi connectivity index (χ4v) is 4.44. The largest absolute Gasteiger partial charge is 0.573 e. The summed E-state index contributed by atoms with van der Waals surface area (Å²) in [6.45, 7) is 1.87. The number of rotatable bonds is 7. The van der Waals surface area contributed by atoms with Crippen LogP contribution in [0.3, 0.4) is 0 Å². The summed E-state index contributed by atoms with van der Waals surface area (Å²) < 4.78 is 48.0. The zero-order chi connectivity index (χ0) is 22.4. The van der Waals surface area contributed by atoms with Crippen molar-refractivity contribution in [3.63, 3.8) is 0 Å². The number of piperidine rings is 1. The lowest BCUT2D eigenvalue weighted by Gasteiger charge is -2.38. The standard InChI is InChI=1S/C26H26F3NO2.ClH/c27-26(28,29)32-22-13-7-8-19(16-22)18-31-24-14-15-30-17-23(24)25(20-9-3-1-4-10-20)21-11-5-2-6-12-21;/h1-13,16,23-25,30H,14-15,17-18H2;1H/t23-,24+;/m1./s1. The quantitative estimate of drug-likeness (QED) is 0.431. The van der Waals surface area contributed by atoms with Crippen LogP contribution in [0.25, 0.3) is 0 Å². The van der Waals surface area contributed by atoms with Crippen LogP contribution in [-0.2, 0) is 11.3 Å². The molecule has 4 rings (SSSR count). The molecule has 0 aliphatic carbocycles. The Morgan fingerprint density at radius 1 is 0.879 bits per heavy atom. The van der Waals surface area contributed by atoms with Gasteiger partial charge in [0.05, 0.1) is 12.7 Å². The fraction of sp³-hybridized carbons (Fsp3) is 0.308. The molecule has 3 aromatic carbocycles. The zero-order valence-corrected chi connectivity index (χ0v) is 18.8.